The third-order valence-corrected chi connectivity index (χ3v) is 4.61. The van der Waals surface area contributed by atoms with Gasteiger partial charge in [0, 0.05) is 31.1 Å². The fraction of sp³-hybridized carbons (Fsp3) is 0.500. The van der Waals surface area contributed by atoms with Crippen LogP contribution in [0.25, 0.3) is 0 Å². The van der Waals surface area contributed by atoms with E-state index in [4.69, 9.17) is 20.9 Å². The summed E-state index contributed by atoms with van der Waals surface area (Å²) in [5.41, 5.74) is 0.505. The van der Waals surface area contributed by atoms with Gasteiger partial charge in [0.25, 0.3) is 0 Å². The number of rotatable bonds is 8. The second-order valence-electron chi connectivity index (χ2n) is 5.33. The van der Waals surface area contributed by atoms with Crippen molar-refractivity contribution < 1.29 is 49.9 Å². The van der Waals surface area contributed by atoms with Crippen molar-refractivity contribution in [2.24, 2.45) is 0 Å². The molecule has 24 heavy (non-hydrogen) atoms. The third-order valence-electron chi connectivity index (χ3n) is 3.91. The summed E-state index contributed by atoms with van der Waals surface area (Å²) in [6, 6.07) is 7.10. The SMILES string of the molecule is COC(=O)c1ccc(OC[C@H]2[C@@H](Cl)CCN2CC[CH-]OP)cc1.[U]. The van der Waals surface area contributed by atoms with E-state index in [1.54, 1.807) is 30.9 Å². The summed E-state index contributed by atoms with van der Waals surface area (Å²) in [6.07, 6.45) is 1.80. The second-order valence-corrected chi connectivity index (χ2v) is 6.16. The van der Waals surface area contributed by atoms with Crippen molar-refractivity contribution in [2.45, 2.75) is 24.3 Å². The fourth-order valence-corrected chi connectivity index (χ4v) is 3.10. The summed E-state index contributed by atoms with van der Waals surface area (Å²) in [5.74, 6) is 0.361. The molecule has 1 aromatic carbocycles. The van der Waals surface area contributed by atoms with Crippen molar-refractivity contribution in [3.63, 3.8) is 0 Å². The third kappa shape index (κ3) is 6.48. The molecule has 0 aromatic heterocycles. The Kier molecular flexibility index (Phi) is 10.9. The van der Waals surface area contributed by atoms with E-state index in [0.29, 0.717) is 17.9 Å². The van der Waals surface area contributed by atoms with Gasteiger partial charge in [-0.3, -0.25) is 4.90 Å². The van der Waals surface area contributed by atoms with Crippen molar-refractivity contribution in [3.05, 3.63) is 36.4 Å². The zero-order valence-electron chi connectivity index (χ0n) is 13.6. The minimum absolute atomic E-state index is 0. The van der Waals surface area contributed by atoms with Crippen LogP contribution < -0.4 is 4.74 Å². The van der Waals surface area contributed by atoms with Crippen molar-refractivity contribution >= 4 is 27.0 Å². The van der Waals surface area contributed by atoms with Gasteiger partial charge >= 0.3 is 5.97 Å². The average Bonchev–Trinajstić information content (AvgIpc) is 2.93. The first kappa shape index (κ1) is 22.2. The number of hydrogen-bond donors (Lipinski definition) is 0. The van der Waals surface area contributed by atoms with E-state index in [0.717, 1.165) is 25.9 Å². The molecule has 1 heterocycles. The summed E-state index contributed by atoms with van der Waals surface area (Å²) in [6.45, 7) is 4.14. The molecule has 0 bridgehead atoms. The largest absolute Gasteiger partial charge is 0.536 e. The van der Waals surface area contributed by atoms with Gasteiger partial charge in [0.15, 0.2) is 0 Å². The number of alkyl halides is 1. The minimum atomic E-state index is -0.355. The first-order valence-corrected chi connectivity index (χ1v) is 8.43. The predicted molar refractivity (Wildman–Crippen MR) is 92.6 cm³/mol. The van der Waals surface area contributed by atoms with Crippen molar-refractivity contribution in [1.82, 2.24) is 4.90 Å². The maximum atomic E-state index is 11.4. The molecule has 8 heteroatoms. The molecular weight excluding hydrogens is 575 g/mol. The topological polar surface area (TPSA) is 48.0 Å². The molecule has 2 rings (SSSR count). The van der Waals surface area contributed by atoms with Crippen LogP contribution in [0.1, 0.15) is 23.2 Å². The molecule has 1 unspecified atom stereocenters. The van der Waals surface area contributed by atoms with Gasteiger partial charge in [0.2, 0.25) is 0 Å². The summed E-state index contributed by atoms with van der Waals surface area (Å²) < 4.78 is 15.4. The van der Waals surface area contributed by atoms with Gasteiger partial charge in [-0.2, -0.15) is 0 Å². The molecule has 3 atom stereocenters. The van der Waals surface area contributed by atoms with E-state index in [1.807, 2.05) is 0 Å². The Labute approximate surface area is 174 Å². The molecule has 0 amide bonds. The molecule has 0 radical (unpaired) electrons. The van der Waals surface area contributed by atoms with Crippen LogP contribution in [-0.2, 0) is 9.26 Å². The van der Waals surface area contributed by atoms with Crippen molar-refractivity contribution in [2.75, 3.05) is 26.8 Å². The zero-order valence-corrected chi connectivity index (χ0v) is 19.7. The average molecular weight is 597 g/mol. The minimum Gasteiger partial charge on any atom is -0.536 e. The van der Waals surface area contributed by atoms with Crippen LogP contribution in [0.4, 0.5) is 0 Å². The Morgan fingerprint density at radius 1 is 1.42 bits per heavy atom. The van der Waals surface area contributed by atoms with E-state index in [1.165, 1.54) is 7.11 Å². The number of methoxy groups -OCH3 is 1. The van der Waals surface area contributed by atoms with Crippen LogP contribution in [-0.4, -0.2) is 49.1 Å². The maximum Gasteiger partial charge on any atom is 0.337 e. The van der Waals surface area contributed by atoms with Gasteiger partial charge in [-0.1, -0.05) is 0 Å². The van der Waals surface area contributed by atoms with Gasteiger partial charge in [0.1, 0.15) is 12.4 Å². The van der Waals surface area contributed by atoms with Crippen molar-refractivity contribution in [3.8, 4) is 5.75 Å². The molecule has 0 N–H and O–H groups in total. The molecule has 0 aliphatic carbocycles. The zero-order chi connectivity index (χ0) is 16.7. The second kappa shape index (κ2) is 11.7. The molecule has 1 aromatic rings. The van der Waals surface area contributed by atoms with E-state index >= 15 is 0 Å². The summed E-state index contributed by atoms with van der Waals surface area (Å²) in [4.78, 5) is 13.7. The van der Waals surface area contributed by atoms with Gasteiger partial charge in [-0.25, -0.2) is 11.4 Å². The fourth-order valence-electron chi connectivity index (χ4n) is 2.64. The predicted octanol–water partition coefficient (Wildman–Crippen LogP) is 2.89. The summed E-state index contributed by atoms with van der Waals surface area (Å²) >= 11 is 6.41. The van der Waals surface area contributed by atoms with Crippen LogP contribution in [0.15, 0.2) is 24.3 Å². The van der Waals surface area contributed by atoms with E-state index in [9.17, 15) is 4.79 Å². The summed E-state index contributed by atoms with van der Waals surface area (Å²) in [7, 11) is 3.58. The molecule has 1 aliphatic heterocycles. The molecule has 0 saturated carbocycles. The quantitative estimate of drug-likeness (QED) is 0.152. The van der Waals surface area contributed by atoms with Crippen LogP contribution in [0, 0.1) is 37.7 Å². The Morgan fingerprint density at radius 2 is 2.12 bits per heavy atom. The van der Waals surface area contributed by atoms with Gasteiger partial charge in [-0.05, 0) is 53.2 Å². The molecule has 132 valence electrons. The Balaban J connectivity index is 0.00000288. The molecule has 0 spiro atoms. The number of esters is 1. The number of likely N-dealkylation sites (tertiary alicyclic amines) is 1. The number of ether oxygens (including phenoxy) is 2. The smallest absolute Gasteiger partial charge is 0.337 e. The first-order valence-electron chi connectivity index (χ1n) is 7.52. The number of benzene rings is 1. The van der Waals surface area contributed by atoms with Gasteiger partial charge in [0.05, 0.1) is 24.1 Å². The Morgan fingerprint density at radius 3 is 2.75 bits per heavy atom. The standard InChI is InChI=1S/C16H22ClNO4P.U/c1-20-16(19)12-3-5-13(6-4-12)21-11-15-14(17)7-9-18(15)8-2-10-22-23;/h3-6,10,14-15H,2,7-9,11,23H2,1H3;/q-1;/t14-,15-;/m0./s1. The van der Waals surface area contributed by atoms with Gasteiger partial charge in [-0.15, -0.1) is 18.0 Å². The van der Waals surface area contributed by atoms with E-state index in [-0.39, 0.29) is 48.5 Å². The Hall–Kier alpha value is 0.182. The molecule has 1 fully saturated rings. The van der Waals surface area contributed by atoms with Crippen molar-refractivity contribution in [1.29, 1.82) is 0 Å². The number of carbonyl (C=O) groups excluding carboxylic acids is 1. The van der Waals surface area contributed by atoms with Crippen LogP contribution in [0.2, 0.25) is 0 Å². The van der Waals surface area contributed by atoms with E-state index < -0.39 is 0 Å². The number of hydrogen-bond acceptors (Lipinski definition) is 5. The summed E-state index contributed by atoms with van der Waals surface area (Å²) in [5, 5.41) is 0.0845. The number of nitrogens with zero attached hydrogens (tertiary/aromatic N) is 1. The van der Waals surface area contributed by atoms with Crippen LogP contribution in [0.5, 0.6) is 5.75 Å². The molecule has 1 saturated heterocycles. The number of carbonyl (C=O) groups is 1. The first-order chi connectivity index (χ1) is 11.2. The molecule has 5 nitrogen and oxygen atoms in total. The van der Waals surface area contributed by atoms with Crippen LogP contribution >= 0.6 is 21.1 Å². The molecule has 1 aliphatic rings. The van der Waals surface area contributed by atoms with Gasteiger partial charge < -0.3 is 14.0 Å². The Bertz CT molecular complexity index is 505. The maximum absolute atomic E-state index is 11.4. The number of halogens is 1. The molecular formula is C16H22ClNO4PU-. The normalized spacial score (nSPS) is 20.5. The van der Waals surface area contributed by atoms with E-state index in [2.05, 4.69) is 19.1 Å². The monoisotopic (exact) mass is 596 g/mol. The van der Waals surface area contributed by atoms with Crippen LogP contribution in [0.3, 0.4) is 0 Å².